The number of halogens is 1. The number of hydrogen-bond donors (Lipinski definition) is 1. The Labute approximate surface area is 103 Å². The van der Waals surface area contributed by atoms with Crippen LogP contribution in [0.1, 0.15) is 19.8 Å². The first kappa shape index (κ1) is 13.7. The van der Waals surface area contributed by atoms with Gasteiger partial charge in [-0.25, -0.2) is 0 Å². The van der Waals surface area contributed by atoms with Gasteiger partial charge >= 0.3 is 0 Å². The van der Waals surface area contributed by atoms with Crippen molar-refractivity contribution in [2.75, 3.05) is 32.8 Å². The summed E-state index contributed by atoms with van der Waals surface area (Å²) in [6.45, 7) is 6.11. The van der Waals surface area contributed by atoms with Crippen LogP contribution in [-0.4, -0.2) is 49.7 Å². The highest BCUT2D eigenvalue weighted by Crippen LogP contribution is 2.19. The predicted molar refractivity (Wildman–Crippen MR) is 64.8 cm³/mol. The summed E-state index contributed by atoms with van der Waals surface area (Å²) in [4.78, 5) is 14.0. The van der Waals surface area contributed by atoms with Gasteiger partial charge in [-0.1, -0.05) is 13.3 Å². The van der Waals surface area contributed by atoms with Crippen LogP contribution in [0.25, 0.3) is 0 Å². The van der Waals surface area contributed by atoms with Crippen LogP contribution in [0.2, 0.25) is 0 Å². The Morgan fingerprint density at radius 2 is 2.38 bits per heavy atom. The molecule has 0 saturated carbocycles. The monoisotopic (exact) mass is 248 g/mol. The first-order valence-electron chi connectivity index (χ1n) is 5.91. The zero-order valence-corrected chi connectivity index (χ0v) is 10.6. The Kier molecular flexibility index (Phi) is 5.52. The fraction of sp³-hybridized carbons (Fsp3) is 0.909. The Morgan fingerprint density at radius 3 is 2.94 bits per heavy atom. The molecule has 0 bridgehead atoms. The van der Waals surface area contributed by atoms with Crippen molar-refractivity contribution in [3.8, 4) is 0 Å². The van der Waals surface area contributed by atoms with Gasteiger partial charge in [-0.3, -0.25) is 4.79 Å². The summed E-state index contributed by atoms with van der Waals surface area (Å²) in [5, 5.41) is 3.21. The number of amides is 1. The van der Waals surface area contributed by atoms with Gasteiger partial charge in [-0.05, 0) is 12.3 Å². The molecule has 16 heavy (non-hydrogen) atoms. The van der Waals surface area contributed by atoms with E-state index >= 15 is 0 Å². The van der Waals surface area contributed by atoms with Gasteiger partial charge in [0.2, 0.25) is 5.91 Å². The Bertz CT molecular complexity index is 232. The Hall–Kier alpha value is -0.320. The van der Waals surface area contributed by atoms with Crippen molar-refractivity contribution in [3.05, 3.63) is 0 Å². The summed E-state index contributed by atoms with van der Waals surface area (Å²) in [5.74, 6) is 0.934. The smallest absolute Gasteiger partial charge is 0.242 e. The van der Waals surface area contributed by atoms with Crippen molar-refractivity contribution in [3.63, 3.8) is 0 Å². The lowest BCUT2D eigenvalue weighted by molar-refractivity contribution is -0.135. The van der Waals surface area contributed by atoms with Crippen LogP contribution < -0.4 is 5.32 Å². The minimum Gasteiger partial charge on any atom is -0.378 e. The molecule has 2 saturated heterocycles. The average Bonchev–Trinajstić information content (AvgIpc) is 2.78. The molecule has 1 N–H and O–H groups in total. The minimum atomic E-state index is -0.102. The molecule has 2 unspecified atom stereocenters. The molecule has 2 heterocycles. The summed E-state index contributed by atoms with van der Waals surface area (Å²) >= 11 is 0. The van der Waals surface area contributed by atoms with E-state index in [0.717, 1.165) is 32.7 Å². The third-order valence-corrected chi connectivity index (χ3v) is 3.39. The molecule has 0 aliphatic carbocycles. The maximum atomic E-state index is 12.0. The summed E-state index contributed by atoms with van der Waals surface area (Å²) in [6.07, 6.45) is 2.34. The Balaban J connectivity index is 0.00000128. The van der Waals surface area contributed by atoms with Crippen molar-refractivity contribution < 1.29 is 9.53 Å². The lowest BCUT2D eigenvalue weighted by atomic mass is 10.1. The van der Waals surface area contributed by atoms with Crippen LogP contribution in [0.5, 0.6) is 0 Å². The number of rotatable bonds is 2. The first-order valence-corrected chi connectivity index (χ1v) is 5.91. The summed E-state index contributed by atoms with van der Waals surface area (Å²) in [6, 6.07) is -0.102. The molecule has 94 valence electrons. The molecule has 0 aromatic carbocycles. The largest absolute Gasteiger partial charge is 0.378 e. The molecule has 4 nitrogen and oxygen atoms in total. The van der Waals surface area contributed by atoms with Crippen molar-refractivity contribution in [2.45, 2.75) is 25.8 Å². The van der Waals surface area contributed by atoms with E-state index in [1.807, 2.05) is 4.90 Å². The summed E-state index contributed by atoms with van der Waals surface area (Å²) < 4.78 is 5.31. The maximum Gasteiger partial charge on any atom is 0.242 e. The molecule has 2 aliphatic heterocycles. The molecular formula is C11H21ClN2O2. The molecule has 1 amide bonds. The quantitative estimate of drug-likeness (QED) is 0.781. The van der Waals surface area contributed by atoms with E-state index in [1.54, 1.807) is 0 Å². The number of hydrogen-bond acceptors (Lipinski definition) is 3. The SMILES string of the molecule is CCC1CCN(C(=O)C2COCCN2)C1.Cl. The molecule has 0 radical (unpaired) electrons. The van der Waals surface area contributed by atoms with Gasteiger partial charge in [-0.15, -0.1) is 12.4 Å². The van der Waals surface area contributed by atoms with Crippen molar-refractivity contribution in [1.29, 1.82) is 0 Å². The fourth-order valence-electron chi connectivity index (χ4n) is 2.31. The number of nitrogens with one attached hydrogen (secondary N) is 1. The summed E-state index contributed by atoms with van der Waals surface area (Å²) in [5.41, 5.74) is 0. The third kappa shape index (κ3) is 3.09. The standard InChI is InChI=1S/C11H20N2O2.ClH/c1-2-9-3-5-13(7-9)11(14)10-8-15-6-4-12-10;/h9-10,12H,2-8H2,1H3;1H. The first-order chi connectivity index (χ1) is 7.31. The van der Waals surface area contributed by atoms with Gasteiger partial charge in [0.05, 0.1) is 13.2 Å². The Morgan fingerprint density at radius 1 is 1.56 bits per heavy atom. The van der Waals surface area contributed by atoms with Crippen LogP contribution >= 0.6 is 12.4 Å². The van der Waals surface area contributed by atoms with Crippen molar-refractivity contribution >= 4 is 18.3 Å². The lowest BCUT2D eigenvalue weighted by Gasteiger charge is -2.27. The second-order valence-electron chi connectivity index (χ2n) is 4.43. The van der Waals surface area contributed by atoms with E-state index < -0.39 is 0 Å². The number of morpholine rings is 1. The predicted octanol–water partition coefficient (Wildman–Crippen LogP) is 0.655. The zero-order valence-electron chi connectivity index (χ0n) is 9.78. The number of ether oxygens (including phenoxy) is 1. The minimum absolute atomic E-state index is 0. The van der Waals surface area contributed by atoms with E-state index in [4.69, 9.17) is 4.74 Å². The van der Waals surface area contributed by atoms with E-state index in [0.29, 0.717) is 12.5 Å². The van der Waals surface area contributed by atoms with Crippen LogP contribution in [0.3, 0.4) is 0 Å². The topological polar surface area (TPSA) is 41.6 Å². The number of carbonyl (C=O) groups excluding carboxylic acids is 1. The van der Waals surface area contributed by atoms with Gasteiger partial charge < -0.3 is 15.0 Å². The van der Waals surface area contributed by atoms with E-state index in [9.17, 15) is 4.79 Å². The second kappa shape index (κ2) is 6.42. The molecule has 2 fully saturated rings. The maximum absolute atomic E-state index is 12.0. The lowest BCUT2D eigenvalue weighted by Crippen LogP contribution is -2.52. The number of likely N-dealkylation sites (tertiary alicyclic amines) is 1. The van der Waals surface area contributed by atoms with Gasteiger partial charge in [0.25, 0.3) is 0 Å². The number of carbonyl (C=O) groups is 1. The third-order valence-electron chi connectivity index (χ3n) is 3.39. The van der Waals surface area contributed by atoms with E-state index in [2.05, 4.69) is 12.2 Å². The van der Waals surface area contributed by atoms with E-state index in [-0.39, 0.29) is 24.4 Å². The molecule has 0 spiro atoms. The van der Waals surface area contributed by atoms with Gasteiger partial charge in [0.15, 0.2) is 0 Å². The normalized spacial score (nSPS) is 29.9. The van der Waals surface area contributed by atoms with Crippen LogP contribution in [-0.2, 0) is 9.53 Å². The summed E-state index contributed by atoms with van der Waals surface area (Å²) in [7, 11) is 0. The van der Waals surface area contributed by atoms with Crippen LogP contribution in [0.15, 0.2) is 0 Å². The highest BCUT2D eigenvalue weighted by Gasteiger charge is 2.30. The van der Waals surface area contributed by atoms with Crippen molar-refractivity contribution in [1.82, 2.24) is 10.2 Å². The molecule has 0 aromatic rings. The fourth-order valence-corrected chi connectivity index (χ4v) is 2.31. The average molecular weight is 249 g/mol. The molecule has 5 heteroatoms. The van der Waals surface area contributed by atoms with Gasteiger partial charge in [0.1, 0.15) is 6.04 Å². The molecule has 2 aliphatic rings. The van der Waals surface area contributed by atoms with Crippen LogP contribution in [0, 0.1) is 5.92 Å². The van der Waals surface area contributed by atoms with E-state index in [1.165, 1.54) is 6.42 Å². The number of nitrogens with zero attached hydrogens (tertiary/aromatic N) is 1. The van der Waals surface area contributed by atoms with Gasteiger partial charge in [-0.2, -0.15) is 0 Å². The van der Waals surface area contributed by atoms with Gasteiger partial charge in [0, 0.05) is 19.6 Å². The molecule has 2 rings (SSSR count). The zero-order chi connectivity index (χ0) is 10.7. The highest BCUT2D eigenvalue weighted by molar-refractivity contribution is 5.85. The molecule has 2 atom stereocenters. The highest BCUT2D eigenvalue weighted by atomic mass is 35.5. The second-order valence-corrected chi connectivity index (χ2v) is 4.43. The molecular weight excluding hydrogens is 228 g/mol. The molecule has 0 aromatic heterocycles. The van der Waals surface area contributed by atoms with Crippen molar-refractivity contribution in [2.24, 2.45) is 5.92 Å². The van der Waals surface area contributed by atoms with Crippen LogP contribution in [0.4, 0.5) is 0 Å².